The maximum Gasteiger partial charge on any atom is 0.103 e. The van der Waals surface area contributed by atoms with Crippen molar-refractivity contribution in [3.8, 4) is 0 Å². The summed E-state index contributed by atoms with van der Waals surface area (Å²) >= 11 is 6.61. The predicted molar refractivity (Wildman–Crippen MR) is 157 cm³/mol. The molecule has 1 unspecified atom stereocenters. The van der Waals surface area contributed by atoms with Gasteiger partial charge in [-0.25, -0.2) is 4.98 Å². The van der Waals surface area contributed by atoms with Crippen molar-refractivity contribution in [3.63, 3.8) is 0 Å². The SMILES string of the molecule is CCCCCCCCCCC(CCCCCCCCCC)(C(=O)[O-])C(C(=O)[S-])c1nc2ccccc2s1. The van der Waals surface area contributed by atoms with Gasteiger partial charge in [-0.2, -0.15) is 0 Å². The Morgan fingerprint density at radius 1 is 0.811 bits per heavy atom. The van der Waals surface area contributed by atoms with Crippen LogP contribution in [0.3, 0.4) is 0 Å². The van der Waals surface area contributed by atoms with Crippen LogP contribution in [0.5, 0.6) is 0 Å². The van der Waals surface area contributed by atoms with Crippen LogP contribution in [-0.2, 0) is 22.2 Å². The lowest BCUT2D eigenvalue weighted by Gasteiger charge is -2.42. The molecule has 0 N–H and O–H groups in total. The molecule has 2 aromatic rings. The third-order valence-corrected chi connectivity index (χ3v) is 9.04. The van der Waals surface area contributed by atoms with Crippen molar-refractivity contribution in [1.82, 2.24) is 4.98 Å². The molecule has 6 heteroatoms. The van der Waals surface area contributed by atoms with E-state index in [-0.39, 0.29) is 0 Å². The Kier molecular flexibility index (Phi) is 15.3. The van der Waals surface area contributed by atoms with E-state index in [1.165, 1.54) is 75.5 Å². The average Bonchev–Trinajstić information content (AvgIpc) is 3.29. The number of carboxylic acids is 1. The Morgan fingerprint density at radius 2 is 1.27 bits per heavy atom. The number of rotatable bonds is 22. The summed E-state index contributed by atoms with van der Waals surface area (Å²) in [7, 11) is 0. The van der Waals surface area contributed by atoms with Gasteiger partial charge in [-0.05, 0) is 25.0 Å². The number of carbonyl (C=O) groups excluding carboxylic acids is 2. The molecule has 1 aromatic carbocycles. The van der Waals surface area contributed by atoms with Crippen molar-refractivity contribution >= 4 is 45.3 Å². The lowest BCUT2D eigenvalue weighted by Crippen LogP contribution is -2.48. The van der Waals surface area contributed by atoms with Crippen LogP contribution < -0.4 is 5.11 Å². The summed E-state index contributed by atoms with van der Waals surface area (Å²) in [5.41, 5.74) is -0.507. The fourth-order valence-electron chi connectivity index (χ4n) is 5.46. The molecule has 1 heterocycles. The molecular weight excluding hydrogens is 498 g/mol. The fourth-order valence-corrected chi connectivity index (χ4v) is 7.06. The van der Waals surface area contributed by atoms with Crippen molar-refractivity contribution in [2.75, 3.05) is 0 Å². The zero-order valence-electron chi connectivity index (χ0n) is 23.1. The highest BCUT2D eigenvalue weighted by molar-refractivity contribution is 7.77. The van der Waals surface area contributed by atoms with E-state index < -0.39 is 22.4 Å². The minimum atomic E-state index is -1.29. The first kappa shape index (κ1) is 31.7. The van der Waals surface area contributed by atoms with Crippen LogP contribution in [-0.4, -0.2) is 16.1 Å². The number of fused-ring (bicyclic) bond motifs is 1. The summed E-state index contributed by atoms with van der Waals surface area (Å²) in [4.78, 5) is 30.5. The summed E-state index contributed by atoms with van der Waals surface area (Å²) in [6, 6.07) is 7.70. The summed E-state index contributed by atoms with van der Waals surface area (Å²) in [5, 5.41) is 12.9. The Labute approximate surface area is 234 Å². The summed E-state index contributed by atoms with van der Waals surface area (Å²) < 4.78 is 0.949. The van der Waals surface area contributed by atoms with E-state index in [4.69, 9.17) is 17.6 Å². The summed E-state index contributed by atoms with van der Waals surface area (Å²) in [6.45, 7) is 4.43. The zero-order valence-corrected chi connectivity index (χ0v) is 24.7. The van der Waals surface area contributed by atoms with Gasteiger partial charge in [-0.15, -0.1) is 11.3 Å². The molecule has 0 fully saturated rings. The van der Waals surface area contributed by atoms with E-state index in [9.17, 15) is 14.7 Å². The number of hydrogen-bond acceptors (Lipinski definition) is 6. The van der Waals surface area contributed by atoms with Gasteiger partial charge in [0.05, 0.1) is 16.1 Å². The first-order valence-electron chi connectivity index (χ1n) is 14.7. The average molecular weight is 546 g/mol. The third-order valence-electron chi connectivity index (χ3n) is 7.71. The molecule has 0 aliphatic heterocycles. The fraction of sp³-hybridized carbons (Fsp3) is 0.710. The number of thiazole rings is 1. The Morgan fingerprint density at radius 3 is 1.70 bits per heavy atom. The van der Waals surface area contributed by atoms with Crippen LogP contribution in [0.1, 0.15) is 140 Å². The molecule has 37 heavy (non-hydrogen) atoms. The van der Waals surface area contributed by atoms with E-state index in [0.29, 0.717) is 17.8 Å². The molecule has 0 aliphatic carbocycles. The first-order chi connectivity index (χ1) is 18.0. The maximum atomic E-state index is 12.9. The molecule has 208 valence electrons. The number of unbranched alkanes of at least 4 members (excludes halogenated alkanes) is 14. The molecule has 0 amide bonds. The van der Waals surface area contributed by atoms with Crippen LogP contribution in [0.25, 0.3) is 10.2 Å². The molecular formula is C31H47NO3S2-2. The van der Waals surface area contributed by atoms with Gasteiger partial charge in [-0.3, -0.25) is 0 Å². The lowest BCUT2D eigenvalue weighted by molar-refractivity contribution is -0.321. The van der Waals surface area contributed by atoms with E-state index in [1.54, 1.807) is 0 Å². The highest BCUT2D eigenvalue weighted by Crippen LogP contribution is 2.47. The van der Waals surface area contributed by atoms with Crippen LogP contribution in [0.2, 0.25) is 0 Å². The monoisotopic (exact) mass is 545 g/mol. The van der Waals surface area contributed by atoms with E-state index in [1.807, 2.05) is 24.3 Å². The maximum absolute atomic E-state index is 12.9. The number of aliphatic carboxylic acids is 1. The molecule has 1 atom stereocenters. The van der Waals surface area contributed by atoms with Crippen LogP contribution in [0, 0.1) is 5.41 Å². The molecule has 1 aromatic heterocycles. The summed E-state index contributed by atoms with van der Waals surface area (Å²) in [5.74, 6) is -2.07. The second-order valence-corrected chi connectivity index (χ2v) is 12.1. The molecule has 2 rings (SSSR count). The van der Waals surface area contributed by atoms with E-state index in [2.05, 4.69) is 13.8 Å². The molecule has 0 spiro atoms. The smallest absolute Gasteiger partial charge is 0.103 e. The van der Waals surface area contributed by atoms with Gasteiger partial charge in [0, 0.05) is 16.5 Å². The third kappa shape index (κ3) is 10.3. The molecule has 0 bridgehead atoms. The number of aromatic nitrogens is 1. The van der Waals surface area contributed by atoms with Crippen molar-refractivity contribution in [3.05, 3.63) is 29.3 Å². The first-order valence-corrected chi connectivity index (χ1v) is 16.0. The van der Waals surface area contributed by atoms with Crippen molar-refractivity contribution in [2.45, 2.75) is 135 Å². The Bertz CT molecular complexity index is 873. The second kappa shape index (κ2) is 17.9. The molecule has 0 saturated heterocycles. The van der Waals surface area contributed by atoms with Gasteiger partial charge in [-0.1, -0.05) is 129 Å². The van der Waals surface area contributed by atoms with Gasteiger partial charge in [0.25, 0.3) is 0 Å². The van der Waals surface area contributed by atoms with Gasteiger partial charge in [0.2, 0.25) is 0 Å². The molecule has 0 radical (unpaired) electrons. The van der Waals surface area contributed by atoms with Gasteiger partial charge >= 0.3 is 0 Å². The standard InChI is InChI=1S/C31H49NO3S2/c1-3-5-7-9-11-13-15-19-23-31(30(34)35,24-20-16-14-12-10-8-6-4-2)27(29(33)36)28-32-25-21-17-18-22-26(25)37-28/h17-18,21-22,27H,3-16,19-20,23-24H2,1-2H3,(H,33,36)(H,34,35)/p-2. The Balaban J connectivity index is 2.15. The summed E-state index contributed by atoms with van der Waals surface area (Å²) in [6.07, 6.45) is 18.9. The van der Waals surface area contributed by atoms with Crippen molar-refractivity contribution in [1.29, 1.82) is 0 Å². The topological polar surface area (TPSA) is 70.1 Å². The largest absolute Gasteiger partial charge is 0.741 e. The number of carboxylic acid groups (broad SMARTS) is 1. The van der Waals surface area contributed by atoms with Gasteiger partial charge in [0.15, 0.2) is 0 Å². The second-order valence-electron chi connectivity index (χ2n) is 10.7. The van der Waals surface area contributed by atoms with E-state index >= 15 is 0 Å². The number of para-hydroxylation sites is 1. The normalized spacial score (nSPS) is 12.7. The quantitative estimate of drug-likeness (QED) is 0.110. The molecule has 0 aliphatic rings. The Hall–Kier alpha value is -1.53. The number of carbonyl (C=O) groups is 2. The van der Waals surface area contributed by atoms with Crippen LogP contribution in [0.15, 0.2) is 24.3 Å². The van der Waals surface area contributed by atoms with Gasteiger partial charge < -0.3 is 27.3 Å². The van der Waals surface area contributed by atoms with Crippen LogP contribution >= 0.6 is 11.3 Å². The van der Waals surface area contributed by atoms with Gasteiger partial charge in [0.1, 0.15) is 5.01 Å². The number of benzene rings is 1. The molecule has 4 nitrogen and oxygen atoms in total. The zero-order chi connectivity index (χ0) is 26.9. The minimum absolute atomic E-state index is 0.420. The lowest BCUT2D eigenvalue weighted by atomic mass is 9.68. The van der Waals surface area contributed by atoms with Crippen molar-refractivity contribution < 1.29 is 14.7 Å². The van der Waals surface area contributed by atoms with Crippen molar-refractivity contribution in [2.24, 2.45) is 5.41 Å². The predicted octanol–water partition coefficient (Wildman–Crippen LogP) is 8.25. The minimum Gasteiger partial charge on any atom is -0.741 e. The number of nitrogens with zero attached hydrogens (tertiary/aromatic N) is 1. The van der Waals surface area contributed by atoms with E-state index in [0.717, 1.165) is 48.7 Å². The highest BCUT2D eigenvalue weighted by Gasteiger charge is 2.42. The highest BCUT2D eigenvalue weighted by atomic mass is 32.1. The van der Waals surface area contributed by atoms with Crippen LogP contribution in [0.4, 0.5) is 0 Å². The molecule has 0 saturated carbocycles. The number of hydrogen-bond donors (Lipinski definition) is 0.